The Bertz CT molecular complexity index is 1390. The number of pyridine rings is 2. The molecule has 3 aliphatic heterocycles. The maximum Gasteiger partial charge on any atom is 0.320 e. The molecular weight excluding hydrogens is 463 g/mol. The molecule has 1 unspecified atom stereocenters. The number of piperidine rings is 3. The number of hydrogen-bond acceptors (Lipinski definition) is 9. The van der Waals surface area contributed by atoms with Crippen LogP contribution in [0.2, 0.25) is 0 Å². The van der Waals surface area contributed by atoms with Crippen LogP contribution in [-0.2, 0) is 6.54 Å². The summed E-state index contributed by atoms with van der Waals surface area (Å²) in [6.07, 6.45) is 7.04. The number of imidazole rings is 1. The van der Waals surface area contributed by atoms with Crippen molar-refractivity contribution in [2.75, 3.05) is 32.0 Å². The molecule has 1 atom stereocenters. The quantitative estimate of drug-likeness (QED) is 0.417. The molecule has 7 heterocycles. The Morgan fingerprint density at radius 3 is 2.67 bits per heavy atom. The Morgan fingerprint density at radius 2 is 1.97 bits per heavy atom. The first-order valence-electron chi connectivity index (χ1n) is 12.2. The van der Waals surface area contributed by atoms with E-state index in [2.05, 4.69) is 29.8 Å². The highest BCUT2D eigenvalue weighted by Crippen LogP contribution is 2.31. The maximum absolute atomic E-state index is 14.0. The van der Waals surface area contributed by atoms with Gasteiger partial charge in [-0.25, -0.2) is 14.4 Å². The first-order chi connectivity index (χ1) is 17.6. The summed E-state index contributed by atoms with van der Waals surface area (Å²) in [7, 11) is 0. The fourth-order valence-corrected chi connectivity index (χ4v) is 5.06. The summed E-state index contributed by atoms with van der Waals surface area (Å²) in [6, 6.07) is 5.40. The van der Waals surface area contributed by atoms with E-state index in [0.717, 1.165) is 31.4 Å². The zero-order valence-electron chi connectivity index (χ0n) is 20.0. The van der Waals surface area contributed by atoms with Gasteiger partial charge in [-0.1, -0.05) is 6.07 Å². The van der Waals surface area contributed by atoms with E-state index in [1.807, 2.05) is 23.6 Å². The van der Waals surface area contributed by atoms with Crippen molar-refractivity contribution in [2.45, 2.75) is 32.4 Å². The Hall–Kier alpha value is -3.86. The minimum absolute atomic E-state index is 0.159. The highest BCUT2D eigenvalue weighted by atomic mass is 19.1. The summed E-state index contributed by atoms with van der Waals surface area (Å²) in [5.74, 6) is 1.41. The zero-order chi connectivity index (χ0) is 24.6. The number of nitrogens with zero attached hydrogens (tertiary/aromatic N) is 7. The van der Waals surface area contributed by atoms with E-state index in [-0.39, 0.29) is 17.9 Å². The number of fused-ring (bicyclic) bond motifs is 4. The van der Waals surface area contributed by atoms with Crippen molar-refractivity contribution in [3.8, 4) is 23.3 Å². The Kier molecular flexibility index (Phi) is 5.84. The lowest BCUT2D eigenvalue weighted by Crippen LogP contribution is -2.52. The monoisotopic (exact) mass is 490 g/mol. The van der Waals surface area contributed by atoms with Crippen molar-refractivity contribution in [3.63, 3.8) is 0 Å². The molecule has 0 spiro atoms. The minimum atomic E-state index is -0.462. The van der Waals surface area contributed by atoms with E-state index in [1.54, 1.807) is 12.4 Å². The van der Waals surface area contributed by atoms with E-state index >= 15 is 0 Å². The summed E-state index contributed by atoms with van der Waals surface area (Å²) in [6.45, 7) is 5.90. The summed E-state index contributed by atoms with van der Waals surface area (Å²) in [5, 5.41) is 0. The van der Waals surface area contributed by atoms with Crippen molar-refractivity contribution >= 4 is 17.0 Å². The smallest absolute Gasteiger partial charge is 0.320 e. The maximum atomic E-state index is 14.0. The van der Waals surface area contributed by atoms with Gasteiger partial charge in [-0.3, -0.25) is 9.88 Å². The predicted molar refractivity (Wildman–Crippen MR) is 131 cm³/mol. The molecule has 3 saturated heterocycles. The zero-order valence-corrected chi connectivity index (χ0v) is 20.0. The van der Waals surface area contributed by atoms with Gasteiger partial charge >= 0.3 is 6.01 Å². The number of hydrogen-bond donors (Lipinski definition) is 1. The Balaban J connectivity index is 1.33. The molecule has 0 amide bonds. The molecular formula is C25H27FN8O2. The summed E-state index contributed by atoms with van der Waals surface area (Å²) in [4.78, 5) is 24.4. The highest BCUT2D eigenvalue weighted by Gasteiger charge is 2.35. The molecule has 3 fully saturated rings. The molecule has 186 valence electrons. The van der Waals surface area contributed by atoms with Gasteiger partial charge in [0.2, 0.25) is 5.88 Å². The van der Waals surface area contributed by atoms with Crippen LogP contribution in [0.3, 0.4) is 0 Å². The lowest BCUT2D eigenvalue weighted by molar-refractivity contribution is -0.00994. The fraction of sp³-hybridized carbons (Fsp3) is 0.400. The largest absolute Gasteiger partial charge is 0.473 e. The van der Waals surface area contributed by atoms with Crippen LogP contribution in [0.25, 0.3) is 22.6 Å². The second-order valence-electron chi connectivity index (χ2n) is 9.21. The molecule has 4 aromatic rings. The van der Waals surface area contributed by atoms with Gasteiger partial charge in [0.25, 0.3) is 0 Å². The second kappa shape index (κ2) is 9.30. The van der Waals surface area contributed by atoms with E-state index in [0.29, 0.717) is 47.5 Å². The van der Waals surface area contributed by atoms with Gasteiger partial charge in [0.15, 0.2) is 17.0 Å². The lowest BCUT2D eigenvalue weighted by atomic mass is 9.86. The van der Waals surface area contributed by atoms with E-state index in [4.69, 9.17) is 15.2 Å². The molecule has 0 radical (unpaired) electrons. The Labute approximate surface area is 207 Å². The number of ether oxygens (including phenoxy) is 2. The topological polar surface area (TPSA) is 117 Å². The van der Waals surface area contributed by atoms with Crippen LogP contribution < -0.4 is 15.2 Å². The molecule has 0 aromatic carbocycles. The number of halogens is 1. The third-order valence-corrected chi connectivity index (χ3v) is 6.84. The average molecular weight is 491 g/mol. The number of anilines is 1. The van der Waals surface area contributed by atoms with Crippen molar-refractivity contribution in [3.05, 3.63) is 48.2 Å². The van der Waals surface area contributed by atoms with Gasteiger partial charge in [-0.05, 0) is 50.4 Å². The van der Waals surface area contributed by atoms with Gasteiger partial charge in [0.05, 0.1) is 19.3 Å². The fourth-order valence-electron chi connectivity index (χ4n) is 5.06. The van der Waals surface area contributed by atoms with Crippen LogP contribution in [0.15, 0.2) is 36.8 Å². The van der Waals surface area contributed by atoms with Gasteiger partial charge in [-0.15, -0.1) is 0 Å². The Morgan fingerprint density at radius 1 is 1.11 bits per heavy atom. The SMILES string of the molecule is CCOc1nc(N)c2nc(-c3cncc(F)c3)n(Cc3ccc(OC4CN5CCC4CC5)nc3)c2n1. The van der Waals surface area contributed by atoms with E-state index < -0.39 is 5.82 Å². The minimum Gasteiger partial charge on any atom is -0.473 e. The van der Waals surface area contributed by atoms with Crippen LogP contribution in [0.1, 0.15) is 25.3 Å². The van der Waals surface area contributed by atoms with E-state index in [9.17, 15) is 4.39 Å². The number of aromatic nitrogens is 6. The van der Waals surface area contributed by atoms with Crippen LogP contribution in [0, 0.1) is 11.7 Å². The normalized spacial score (nSPS) is 21.1. The van der Waals surface area contributed by atoms with Crippen molar-refractivity contribution in [1.29, 1.82) is 0 Å². The molecule has 2 bridgehead atoms. The van der Waals surface area contributed by atoms with Gasteiger partial charge in [0, 0.05) is 30.6 Å². The molecule has 4 aromatic heterocycles. The predicted octanol–water partition coefficient (Wildman–Crippen LogP) is 2.92. The van der Waals surface area contributed by atoms with Crippen LogP contribution in [0.4, 0.5) is 10.2 Å². The van der Waals surface area contributed by atoms with E-state index in [1.165, 1.54) is 18.9 Å². The first-order valence-corrected chi connectivity index (χ1v) is 12.2. The summed E-state index contributed by atoms with van der Waals surface area (Å²) in [5.41, 5.74) is 8.47. The molecule has 7 rings (SSSR count). The van der Waals surface area contributed by atoms with Crippen molar-refractivity contribution in [2.24, 2.45) is 5.92 Å². The molecule has 3 aliphatic rings. The van der Waals surface area contributed by atoms with Crippen LogP contribution in [-0.4, -0.2) is 66.7 Å². The van der Waals surface area contributed by atoms with Gasteiger partial charge in [0.1, 0.15) is 17.7 Å². The standard InChI is InChI=1S/C25H27FN8O2/c1-2-35-25-31-22(27)21-24(32-25)34(23(30-21)17-9-18(26)12-28-11-17)13-15-3-4-20(29-10-15)36-19-14-33-7-5-16(19)6-8-33/h3-4,9-12,16,19H,2,5-8,13-14H2,1H3,(H2,27,31,32). The summed E-state index contributed by atoms with van der Waals surface area (Å²) < 4.78 is 27.6. The average Bonchev–Trinajstić information content (AvgIpc) is 3.25. The highest BCUT2D eigenvalue weighted by molar-refractivity contribution is 5.85. The van der Waals surface area contributed by atoms with Crippen LogP contribution in [0.5, 0.6) is 11.9 Å². The third kappa shape index (κ3) is 4.30. The first kappa shape index (κ1) is 22.6. The van der Waals surface area contributed by atoms with Crippen molar-refractivity contribution in [1.82, 2.24) is 34.4 Å². The van der Waals surface area contributed by atoms with Crippen molar-refractivity contribution < 1.29 is 13.9 Å². The summed E-state index contributed by atoms with van der Waals surface area (Å²) >= 11 is 0. The molecule has 36 heavy (non-hydrogen) atoms. The molecule has 0 saturated carbocycles. The second-order valence-corrected chi connectivity index (χ2v) is 9.21. The number of nitrogens with two attached hydrogens (primary N) is 1. The lowest BCUT2D eigenvalue weighted by Gasteiger charge is -2.44. The molecule has 11 heteroatoms. The van der Waals surface area contributed by atoms with Gasteiger partial charge in [-0.2, -0.15) is 9.97 Å². The third-order valence-electron chi connectivity index (χ3n) is 6.84. The molecule has 0 aliphatic carbocycles. The number of nitrogen functional groups attached to an aromatic ring is 1. The van der Waals surface area contributed by atoms with Gasteiger partial charge < -0.3 is 19.8 Å². The van der Waals surface area contributed by atoms with Crippen LogP contribution >= 0.6 is 0 Å². The molecule has 2 N–H and O–H groups in total. The number of rotatable bonds is 7. The molecule has 10 nitrogen and oxygen atoms in total.